The lowest BCUT2D eigenvalue weighted by Gasteiger charge is -2.28. The summed E-state index contributed by atoms with van der Waals surface area (Å²) in [5.41, 5.74) is -4.08. The number of aliphatic carboxylic acids is 1. The van der Waals surface area contributed by atoms with Crippen LogP contribution in [0.15, 0.2) is 0 Å². The molecule has 18 heteroatoms. The number of halogens is 5. The molecule has 2 rings (SSSR count). The Bertz CT molecular complexity index is 1090. The largest absolute Gasteiger partial charge is 0.479 e. The van der Waals surface area contributed by atoms with Gasteiger partial charge < -0.3 is 45.6 Å². The van der Waals surface area contributed by atoms with Crippen molar-refractivity contribution >= 4 is 19.5 Å². The topological polar surface area (TPSA) is 206 Å². The molecule has 216 valence electrons. The maximum atomic E-state index is 13.8. The van der Waals surface area contributed by atoms with Crippen LogP contribution >= 0.6 is 7.60 Å². The predicted octanol–water partition coefficient (Wildman–Crippen LogP) is -1.11. The zero-order valence-corrected chi connectivity index (χ0v) is 20.5. The highest BCUT2D eigenvalue weighted by molar-refractivity contribution is 7.52. The number of amides is 1. The van der Waals surface area contributed by atoms with Crippen LogP contribution in [0, 0.1) is 29.1 Å². The van der Waals surface area contributed by atoms with Gasteiger partial charge in [0.05, 0.1) is 50.2 Å². The van der Waals surface area contributed by atoms with E-state index in [1.165, 1.54) is 0 Å². The summed E-state index contributed by atoms with van der Waals surface area (Å²) < 4.78 is 84.6. The summed E-state index contributed by atoms with van der Waals surface area (Å²) >= 11 is 0. The van der Waals surface area contributed by atoms with E-state index >= 15 is 0 Å². The van der Waals surface area contributed by atoms with E-state index in [2.05, 4.69) is 5.32 Å². The van der Waals surface area contributed by atoms with Crippen LogP contribution in [0.25, 0.3) is 0 Å². The van der Waals surface area contributed by atoms with E-state index in [0.717, 1.165) is 6.92 Å². The first kappa shape index (κ1) is 32.0. The normalized spacial score (nSPS) is 25.4. The standard InChI is InChI=1S/C20H26F5N2O10P/c1-20(19(33)34,27-11(30)3-8-12(21)14(23)16(25)15(24)13(8)22)6-37-38(35,36)5-7(29)2-9-17(31)18(32)10(4-28)26-9/h7,9-10,17-18,26,28-29,31-32H,2-6H2,1H3,(H,27,30)(H,33,34)(H,35,36)/t7-,9-,10-,17-,18-,20?/m1/s1. The average molecular weight is 580 g/mol. The maximum absolute atomic E-state index is 13.8. The van der Waals surface area contributed by atoms with E-state index in [1.807, 2.05) is 0 Å². The van der Waals surface area contributed by atoms with Crippen LogP contribution in [0.3, 0.4) is 0 Å². The van der Waals surface area contributed by atoms with Crippen molar-refractivity contribution in [2.75, 3.05) is 19.4 Å². The Hall–Kier alpha value is -2.24. The van der Waals surface area contributed by atoms with Crippen molar-refractivity contribution in [1.29, 1.82) is 0 Å². The van der Waals surface area contributed by atoms with E-state index in [1.54, 1.807) is 5.32 Å². The molecule has 7 atom stereocenters. The molecule has 1 aromatic carbocycles. The number of nitrogens with one attached hydrogen (secondary N) is 2. The number of carbonyl (C=O) groups excluding carboxylic acids is 1. The van der Waals surface area contributed by atoms with E-state index < -0.39 is 122 Å². The highest BCUT2D eigenvalue weighted by Crippen LogP contribution is 2.44. The zero-order valence-electron chi connectivity index (χ0n) is 19.6. The summed E-state index contributed by atoms with van der Waals surface area (Å²) in [6.45, 7) is -1.02. The molecule has 1 saturated heterocycles. The van der Waals surface area contributed by atoms with Crippen LogP contribution in [0.1, 0.15) is 18.9 Å². The van der Waals surface area contributed by atoms with Gasteiger partial charge in [-0.05, 0) is 13.3 Å². The van der Waals surface area contributed by atoms with Gasteiger partial charge >= 0.3 is 13.6 Å². The number of carbonyl (C=O) groups is 2. The summed E-state index contributed by atoms with van der Waals surface area (Å²) in [6.07, 6.45) is -7.31. The van der Waals surface area contributed by atoms with Gasteiger partial charge in [0.2, 0.25) is 11.7 Å². The van der Waals surface area contributed by atoms with Crippen molar-refractivity contribution in [2.45, 2.75) is 55.7 Å². The molecular formula is C20H26F5N2O10P. The number of hydrogen-bond acceptors (Lipinski definition) is 9. The maximum Gasteiger partial charge on any atom is 0.331 e. The molecule has 0 radical (unpaired) electrons. The van der Waals surface area contributed by atoms with Gasteiger partial charge in [-0.25, -0.2) is 26.7 Å². The average Bonchev–Trinajstić information content (AvgIpc) is 3.10. The summed E-state index contributed by atoms with van der Waals surface area (Å²) in [7, 11) is -4.79. The van der Waals surface area contributed by atoms with Gasteiger partial charge in [-0.3, -0.25) is 9.36 Å². The number of hydrogen-bond donors (Lipinski definition) is 8. The third-order valence-electron chi connectivity index (χ3n) is 5.85. The predicted molar refractivity (Wildman–Crippen MR) is 115 cm³/mol. The molecule has 12 nitrogen and oxygen atoms in total. The molecule has 38 heavy (non-hydrogen) atoms. The summed E-state index contributed by atoms with van der Waals surface area (Å²) in [5.74, 6) is -15.1. The van der Waals surface area contributed by atoms with Crippen LogP contribution in [0.5, 0.6) is 0 Å². The molecule has 1 aromatic rings. The van der Waals surface area contributed by atoms with Crippen LogP contribution in [0.4, 0.5) is 22.0 Å². The number of rotatable bonds is 12. The van der Waals surface area contributed by atoms with Gasteiger partial charge in [0.25, 0.3) is 0 Å². The van der Waals surface area contributed by atoms with Gasteiger partial charge in [0.15, 0.2) is 28.8 Å². The molecule has 0 saturated carbocycles. The van der Waals surface area contributed by atoms with Crippen LogP contribution in [-0.2, 0) is 25.1 Å². The molecule has 1 heterocycles. The summed E-state index contributed by atoms with van der Waals surface area (Å²) in [6, 6.07) is -1.90. The number of aliphatic hydroxyl groups is 4. The fourth-order valence-electron chi connectivity index (χ4n) is 3.70. The van der Waals surface area contributed by atoms with E-state index in [4.69, 9.17) is 9.63 Å². The molecule has 1 aliphatic heterocycles. The SMILES string of the molecule is CC(COP(=O)(O)C[C@H](O)C[C@H]1N[C@H](CO)[C@@H](O)[C@@H]1O)(NC(=O)Cc1c(F)c(F)c(F)c(F)c1F)C(=O)O. The van der Waals surface area contributed by atoms with E-state index in [-0.39, 0.29) is 0 Å². The first-order chi connectivity index (χ1) is 17.4. The summed E-state index contributed by atoms with van der Waals surface area (Å²) in [4.78, 5) is 33.9. The lowest BCUT2D eigenvalue weighted by Crippen LogP contribution is -2.55. The Balaban J connectivity index is 2.04. The number of benzene rings is 1. The molecule has 8 N–H and O–H groups in total. The molecule has 0 aromatic heterocycles. The number of aliphatic hydroxyl groups excluding tert-OH is 4. The highest BCUT2D eigenvalue weighted by atomic mass is 31.2. The first-order valence-corrected chi connectivity index (χ1v) is 12.6. The van der Waals surface area contributed by atoms with Gasteiger partial charge in [-0.1, -0.05) is 0 Å². The zero-order chi connectivity index (χ0) is 29.2. The van der Waals surface area contributed by atoms with Crippen LogP contribution in [-0.4, -0.2) is 97.6 Å². The third kappa shape index (κ3) is 7.24. The number of carboxylic acid groups (broad SMARTS) is 1. The van der Waals surface area contributed by atoms with Crippen LogP contribution in [0.2, 0.25) is 0 Å². The van der Waals surface area contributed by atoms with Crippen molar-refractivity contribution in [1.82, 2.24) is 10.6 Å². The minimum Gasteiger partial charge on any atom is -0.479 e. The number of carboxylic acids is 1. The lowest BCUT2D eigenvalue weighted by atomic mass is 10.0. The van der Waals surface area contributed by atoms with Crippen molar-refractivity contribution in [3.8, 4) is 0 Å². The molecule has 0 bridgehead atoms. The van der Waals surface area contributed by atoms with Crippen molar-refractivity contribution in [3.05, 3.63) is 34.6 Å². The van der Waals surface area contributed by atoms with Crippen LogP contribution < -0.4 is 10.6 Å². The van der Waals surface area contributed by atoms with Crippen molar-refractivity contribution in [3.63, 3.8) is 0 Å². The fraction of sp³-hybridized carbons (Fsp3) is 0.600. The molecule has 0 spiro atoms. The quantitative estimate of drug-likeness (QED) is 0.0644. The minimum absolute atomic E-state index is 0.391. The molecule has 1 amide bonds. The van der Waals surface area contributed by atoms with Gasteiger partial charge in [-0.2, -0.15) is 0 Å². The summed E-state index contributed by atoms with van der Waals surface area (Å²) in [5, 5.41) is 52.7. The van der Waals surface area contributed by atoms with Crippen molar-refractivity contribution in [2.24, 2.45) is 0 Å². The Morgan fingerprint density at radius 3 is 2.03 bits per heavy atom. The lowest BCUT2D eigenvalue weighted by molar-refractivity contribution is -0.148. The minimum atomic E-state index is -4.79. The smallest absolute Gasteiger partial charge is 0.331 e. The molecule has 1 fully saturated rings. The second kappa shape index (κ2) is 12.3. The molecule has 2 unspecified atom stereocenters. The van der Waals surface area contributed by atoms with Gasteiger partial charge in [-0.15, -0.1) is 0 Å². The third-order valence-corrected chi connectivity index (χ3v) is 7.26. The van der Waals surface area contributed by atoms with Crippen molar-refractivity contribution < 1.29 is 71.1 Å². The Labute approximate surface area is 211 Å². The van der Waals surface area contributed by atoms with Gasteiger partial charge in [0.1, 0.15) is 0 Å². The fourth-order valence-corrected chi connectivity index (χ4v) is 4.95. The Morgan fingerprint density at radius 1 is 1.05 bits per heavy atom. The first-order valence-electron chi connectivity index (χ1n) is 10.9. The second-order valence-electron chi connectivity index (χ2n) is 8.94. The second-order valence-corrected chi connectivity index (χ2v) is 10.8. The molecule has 1 aliphatic rings. The highest BCUT2D eigenvalue weighted by Gasteiger charge is 2.43. The van der Waals surface area contributed by atoms with Gasteiger partial charge in [0, 0.05) is 11.6 Å². The van der Waals surface area contributed by atoms with E-state index in [0.29, 0.717) is 0 Å². The molecule has 0 aliphatic carbocycles. The van der Waals surface area contributed by atoms with E-state index in [9.17, 15) is 61.4 Å². The monoisotopic (exact) mass is 580 g/mol. The Kier molecular flexibility index (Phi) is 10.3. The Morgan fingerprint density at radius 2 is 1.55 bits per heavy atom. The molecular weight excluding hydrogens is 554 g/mol.